The van der Waals surface area contributed by atoms with Crippen molar-refractivity contribution in [3.63, 3.8) is 0 Å². The fourth-order valence-corrected chi connectivity index (χ4v) is 2.13. The first-order valence-electron chi connectivity index (χ1n) is 6.90. The van der Waals surface area contributed by atoms with Crippen molar-refractivity contribution in [2.75, 3.05) is 11.9 Å². The van der Waals surface area contributed by atoms with Crippen LogP contribution in [0.3, 0.4) is 0 Å². The molecular weight excluding hydrogens is 267 g/mol. The number of rotatable bonds is 5. The van der Waals surface area contributed by atoms with Gasteiger partial charge in [-0.2, -0.15) is 0 Å². The molecule has 2 aromatic rings. The van der Waals surface area contributed by atoms with Gasteiger partial charge in [-0.1, -0.05) is 30.3 Å². The van der Waals surface area contributed by atoms with Gasteiger partial charge in [0.2, 0.25) is 5.91 Å². The van der Waals surface area contributed by atoms with E-state index in [2.05, 4.69) is 0 Å². The van der Waals surface area contributed by atoms with Crippen LogP contribution < -0.4 is 10.6 Å². The van der Waals surface area contributed by atoms with Gasteiger partial charge < -0.3 is 10.6 Å². The molecule has 110 valence electrons. The normalized spacial score (nSPS) is 12.0. The van der Waals surface area contributed by atoms with Crippen LogP contribution >= 0.6 is 0 Å². The van der Waals surface area contributed by atoms with E-state index in [-0.39, 0.29) is 11.7 Å². The van der Waals surface area contributed by atoms with Crippen LogP contribution in [0.2, 0.25) is 0 Å². The summed E-state index contributed by atoms with van der Waals surface area (Å²) in [7, 11) is 1.65. The second kappa shape index (κ2) is 6.99. The van der Waals surface area contributed by atoms with Gasteiger partial charge in [0.05, 0.1) is 6.04 Å². The smallest absolute Gasteiger partial charge is 0.243 e. The Labute approximate surface area is 124 Å². The summed E-state index contributed by atoms with van der Waals surface area (Å²) in [5, 5.41) is 0. The van der Waals surface area contributed by atoms with Crippen molar-refractivity contribution in [2.24, 2.45) is 5.73 Å². The zero-order valence-electron chi connectivity index (χ0n) is 12.0. The number of carbonyl (C=O) groups is 1. The van der Waals surface area contributed by atoms with E-state index >= 15 is 0 Å². The highest BCUT2D eigenvalue weighted by molar-refractivity contribution is 5.96. The fourth-order valence-electron chi connectivity index (χ4n) is 2.13. The zero-order chi connectivity index (χ0) is 15.2. The third-order valence-corrected chi connectivity index (χ3v) is 3.45. The molecular formula is C17H19FN2O. The van der Waals surface area contributed by atoms with Gasteiger partial charge in [-0.25, -0.2) is 4.39 Å². The number of nitrogens with two attached hydrogens (primary N) is 1. The SMILES string of the molecule is CN(C(=O)[C@@H](N)CCc1ccccc1)c1ccc(F)cc1. The van der Waals surface area contributed by atoms with E-state index in [4.69, 9.17) is 5.73 Å². The number of benzene rings is 2. The number of hydrogen-bond donors (Lipinski definition) is 1. The number of likely N-dealkylation sites (N-methyl/N-ethyl adjacent to an activating group) is 1. The van der Waals surface area contributed by atoms with Crippen LogP contribution in [0.15, 0.2) is 54.6 Å². The summed E-state index contributed by atoms with van der Waals surface area (Å²) in [6.45, 7) is 0. The van der Waals surface area contributed by atoms with Gasteiger partial charge >= 0.3 is 0 Å². The summed E-state index contributed by atoms with van der Waals surface area (Å²) in [4.78, 5) is 13.7. The molecule has 2 rings (SSSR count). The molecule has 0 heterocycles. The minimum atomic E-state index is -0.569. The molecule has 3 nitrogen and oxygen atoms in total. The zero-order valence-corrected chi connectivity index (χ0v) is 12.0. The van der Waals surface area contributed by atoms with E-state index in [1.165, 1.54) is 17.0 Å². The number of nitrogens with zero attached hydrogens (tertiary/aromatic N) is 1. The number of hydrogen-bond acceptors (Lipinski definition) is 2. The summed E-state index contributed by atoms with van der Waals surface area (Å²) < 4.78 is 12.9. The molecule has 0 saturated carbocycles. The topological polar surface area (TPSA) is 46.3 Å². The molecule has 0 unspecified atom stereocenters. The van der Waals surface area contributed by atoms with Gasteiger partial charge in [0, 0.05) is 12.7 Å². The second-order valence-corrected chi connectivity index (χ2v) is 5.00. The molecule has 0 saturated heterocycles. The van der Waals surface area contributed by atoms with Gasteiger partial charge in [0.15, 0.2) is 0 Å². The number of amides is 1. The first kappa shape index (κ1) is 15.2. The van der Waals surface area contributed by atoms with Crippen molar-refractivity contribution < 1.29 is 9.18 Å². The third-order valence-electron chi connectivity index (χ3n) is 3.45. The van der Waals surface area contributed by atoms with E-state index < -0.39 is 6.04 Å². The second-order valence-electron chi connectivity index (χ2n) is 5.00. The largest absolute Gasteiger partial charge is 0.320 e. The van der Waals surface area contributed by atoms with Gasteiger partial charge in [-0.15, -0.1) is 0 Å². The van der Waals surface area contributed by atoms with Crippen molar-refractivity contribution in [2.45, 2.75) is 18.9 Å². The van der Waals surface area contributed by atoms with Crippen LogP contribution in [0.25, 0.3) is 0 Å². The van der Waals surface area contributed by atoms with Crippen LogP contribution in [0, 0.1) is 5.82 Å². The molecule has 0 aliphatic rings. The lowest BCUT2D eigenvalue weighted by molar-refractivity contribution is -0.119. The maximum Gasteiger partial charge on any atom is 0.243 e. The molecule has 0 radical (unpaired) electrons. The highest BCUT2D eigenvalue weighted by Crippen LogP contribution is 2.15. The van der Waals surface area contributed by atoms with Crippen molar-refractivity contribution in [1.29, 1.82) is 0 Å². The Balaban J connectivity index is 1.94. The summed E-state index contributed by atoms with van der Waals surface area (Å²) >= 11 is 0. The van der Waals surface area contributed by atoms with Gasteiger partial charge in [-0.3, -0.25) is 4.79 Å². The minimum absolute atomic E-state index is 0.169. The number of aryl methyl sites for hydroxylation is 1. The molecule has 1 atom stereocenters. The summed E-state index contributed by atoms with van der Waals surface area (Å²) in [5.74, 6) is -0.495. The van der Waals surface area contributed by atoms with Crippen molar-refractivity contribution in [1.82, 2.24) is 0 Å². The van der Waals surface area contributed by atoms with E-state index in [1.807, 2.05) is 30.3 Å². The molecule has 0 aliphatic heterocycles. The molecule has 1 amide bonds. The van der Waals surface area contributed by atoms with Crippen molar-refractivity contribution >= 4 is 11.6 Å². The quantitative estimate of drug-likeness (QED) is 0.918. The predicted octanol–water partition coefficient (Wildman–Crippen LogP) is 2.75. The lowest BCUT2D eigenvalue weighted by atomic mass is 10.0. The lowest BCUT2D eigenvalue weighted by Gasteiger charge is -2.21. The first-order valence-corrected chi connectivity index (χ1v) is 6.90. The van der Waals surface area contributed by atoms with Crippen LogP contribution in [0.4, 0.5) is 10.1 Å². The van der Waals surface area contributed by atoms with Crippen LogP contribution in [-0.4, -0.2) is 19.0 Å². The molecule has 4 heteroatoms. The summed E-state index contributed by atoms with van der Waals surface area (Å²) in [6, 6.07) is 15.1. The van der Waals surface area contributed by atoms with Crippen LogP contribution in [-0.2, 0) is 11.2 Å². The van der Waals surface area contributed by atoms with E-state index in [0.29, 0.717) is 12.1 Å². The molecule has 0 fully saturated rings. The predicted molar refractivity (Wildman–Crippen MR) is 82.5 cm³/mol. The van der Waals surface area contributed by atoms with Crippen LogP contribution in [0.1, 0.15) is 12.0 Å². The Morgan fingerprint density at radius 2 is 1.76 bits per heavy atom. The number of halogens is 1. The van der Waals surface area contributed by atoms with Crippen molar-refractivity contribution in [3.8, 4) is 0 Å². The Bertz CT molecular complexity index is 583. The number of carbonyl (C=O) groups excluding carboxylic acids is 1. The summed E-state index contributed by atoms with van der Waals surface area (Å²) in [5.41, 5.74) is 7.76. The van der Waals surface area contributed by atoms with Gasteiger partial charge in [-0.05, 0) is 42.7 Å². The number of anilines is 1. The fraction of sp³-hybridized carbons (Fsp3) is 0.235. The monoisotopic (exact) mass is 286 g/mol. The van der Waals surface area contributed by atoms with E-state index in [9.17, 15) is 9.18 Å². The maximum absolute atomic E-state index is 12.9. The summed E-state index contributed by atoms with van der Waals surface area (Å²) in [6.07, 6.45) is 1.33. The molecule has 0 aliphatic carbocycles. The Hall–Kier alpha value is -2.20. The molecule has 2 aromatic carbocycles. The molecule has 0 bridgehead atoms. The Kier molecular flexibility index (Phi) is 5.06. The maximum atomic E-state index is 12.9. The lowest BCUT2D eigenvalue weighted by Crippen LogP contribution is -2.42. The van der Waals surface area contributed by atoms with E-state index in [1.54, 1.807) is 19.2 Å². The Morgan fingerprint density at radius 1 is 1.14 bits per heavy atom. The van der Waals surface area contributed by atoms with Gasteiger partial charge in [0.25, 0.3) is 0 Å². The average molecular weight is 286 g/mol. The molecule has 21 heavy (non-hydrogen) atoms. The van der Waals surface area contributed by atoms with Gasteiger partial charge in [0.1, 0.15) is 5.82 Å². The average Bonchev–Trinajstić information content (AvgIpc) is 2.53. The minimum Gasteiger partial charge on any atom is -0.320 e. The molecule has 0 spiro atoms. The van der Waals surface area contributed by atoms with E-state index in [0.717, 1.165) is 12.0 Å². The molecule has 0 aromatic heterocycles. The first-order chi connectivity index (χ1) is 10.1. The Morgan fingerprint density at radius 3 is 2.38 bits per heavy atom. The van der Waals surface area contributed by atoms with Crippen molar-refractivity contribution in [3.05, 3.63) is 66.0 Å². The standard InChI is InChI=1S/C17H19FN2O/c1-20(15-10-8-14(18)9-11-15)17(21)16(19)12-7-13-5-3-2-4-6-13/h2-6,8-11,16H,7,12,19H2,1H3/t16-/m0/s1. The van der Waals surface area contributed by atoms with Crippen LogP contribution in [0.5, 0.6) is 0 Å². The third kappa shape index (κ3) is 4.13. The highest BCUT2D eigenvalue weighted by Gasteiger charge is 2.19. The molecule has 2 N–H and O–H groups in total. The highest BCUT2D eigenvalue weighted by atomic mass is 19.1.